The monoisotopic (exact) mass is 387 g/mol. The molecule has 1 saturated heterocycles. The molecule has 2 fully saturated rings. The van der Waals surface area contributed by atoms with Gasteiger partial charge in [-0.15, -0.1) is 0 Å². The first kappa shape index (κ1) is 21.0. The van der Waals surface area contributed by atoms with Gasteiger partial charge in [-0.1, -0.05) is 25.0 Å². The highest BCUT2D eigenvalue weighted by molar-refractivity contribution is 5.79. The summed E-state index contributed by atoms with van der Waals surface area (Å²) in [4.78, 5) is 6.83. The molecule has 1 N–H and O–H groups in total. The summed E-state index contributed by atoms with van der Waals surface area (Å²) in [6.45, 7) is 3.81. The van der Waals surface area contributed by atoms with E-state index in [-0.39, 0.29) is 5.41 Å². The van der Waals surface area contributed by atoms with Gasteiger partial charge in [-0.3, -0.25) is 4.99 Å². The Hall–Kier alpha value is -1.75. The number of hydrogen-bond donors (Lipinski definition) is 1. The maximum absolute atomic E-state index is 5.48. The highest BCUT2D eigenvalue weighted by Gasteiger charge is 2.36. The zero-order valence-electron chi connectivity index (χ0n) is 17.9. The van der Waals surface area contributed by atoms with Crippen molar-refractivity contribution < 1.29 is 9.47 Å². The number of nitrogens with one attached hydrogen (secondary N) is 1. The van der Waals surface area contributed by atoms with Crippen LogP contribution in [0.5, 0.6) is 5.75 Å². The standard InChI is InChI=1S/C23H37N3O2/c1-24-22(26(2)14-9-19-10-15-28-16-11-19)25-18-23(12-4-5-13-23)20-7-6-8-21(17-20)27-3/h6-8,17,19H,4-5,9-16,18H2,1-3H3,(H,24,25). The lowest BCUT2D eigenvalue weighted by Gasteiger charge is -2.33. The van der Waals surface area contributed by atoms with Crippen molar-refractivity contribution in [1.82, 2.24) is 10.2 Å². The van der Waals surface area contributed by atoms with E-state index in [9.17, 15) is 0 Å². The minimum absolute atomic E-state index is 0.173. The van der Waals surface area contributed by atoms with Gasteiger partial charge in [-0.25, -0.2) is 0 Å². The van der Waals surface area contributed by atoms with E-state index in [0.29, 0.717) is 0 Å². The van der Waals surface area contributed by atoms with Crippen LogP contribution in [0.2, 0.25) is 0 Å². The number of guanidine groups is 1. The van der Waals surface area contributed by atoms with Crippen molar-refractivity contribution >= 4 is 5.96 Å². The normalized spacial score (nSPS) is 20.2. The zero-order valence-corrected chi connectivity index (χ0v) is 17.9. The Kier molecular flexibility index (Phi) is 7.60. The predicted molar refractivity (Wildman–Crippen MR) is 115 cm³/mol. The van der Waals surface area contributed by atoms with Crippen molar-refractivity contribution in [1.29, 1.82) is 0 Å². The van der Waals surface area contributed by atoms with Crippen LogP contribution in [0, 0.1) is 5.92 Å². The van der Waals surface area contributed by atoms with Gasteiger partial charge in [0, 0.05) is 45.8 Å². The molecule has 5 heteroatoms. The van der Waals surface area contributed by atoms with Crippen molar-refractivity contribution in [2.75, 3.05) is 47.5 Å². The topological polar surface area (TPSA) is 46.1 Å². The summed E-state index contributed by atoms with van der Waals surface area (Å²) in [5.41, 5.74) is 1.56. The average Bonchev–Trinajstić information content (AvgIpc) is 3.23. The molecule has 156 valence electrons. The van der Waals surface area contributed by atoms with Crippen molar-refractivity contribution in [2.24, 2.45) is 10.9 Å². The molecule has 0 spiro atoms. The summed E-state index contributed by atoms with van der Waals surface area (Å²) < 4.78 is 11.0. The molecule has 0 radical (unpaired) electrons. The number of hydrogen-bond acceptors (Lipinski definition) is 3. The Morgan fingerprint density at radius 3 is 2.71 bits per heavy atom. The molecule has 1 saturated carbocycles. The van der Waals surface area contributed by atoms with Crippen molar-refractivity contribution in [3.63, 3.8) is 0 Å². The molecule has 1 aromatic carbocycles. The lowest BCUT2D eigenvalue weighted by atomic mass is 9.78. The van der Waals surface area contributed by atoms with Crippen LogP contribution in [0.1, 0.15) is 50.5 Å². The Morgan fingerprint density at radius 1 is 1.29 bits per heavy atom. The van der Waals surface area contributed by atoms with Gasteiger partial charge in [0.25, 0.3) is 0 Å². The first-order valence-corrected chi connectivity index (χ1v) is 10.8. The molecule has 0 unspecified atom stereocenters. The number of benzene rings is 1. The Balaban J connectivity index is 1.59. The molecule has 3 rings (SSSR count). The van der Waals surface area contributed by atoms with Crippen molar-refractivity contribution in [2.45, 2.75) is 50.4 Å². The Bertz CT molecular complexity index is 634. The van der Waals surface area contributed by atoms with E-state index in [1.807, 2.05) is 13.1 Å². The molecule has 1 heterocycles. The van der Waals surface area contributed by atoms with E-state index in [4.69, 9.17) is 9.47 Å². The van der Waals surface area contributed by atoms with E-state index in [1.165, 1.54) is 50.5 Å². The van der Waals surface area contributed by atoms with Gasteiger partial charge in [-0.2, -0.15) is 0 Å². The van der Waals surface area contributed by atoms with Crippen LogP contribution in [0.25, 0.3) is 0 Å². The van der Waals surface area contributed by atoms with Gasteiger partial charge in [0.15, 0.2) is 5.96 Å². The smallest absolute Gasteiger partial charge is 0.193 e. The first-order valence-electron chi connectivity index (χ1n) is 10.8. The fourth-order valence-electron chi connectivity index (χ4n) is 4.72. The number of rotatable bonds is 7. The van der Waals surface area contributed by atoms with Crippen molar-refractivity contribution in [3.8, 4) is 5.75 Å². The highest BCUT2D eigenvalue weighted by Crippen LogP contribution is 2.41. The van der Waals surface area contributed by atoms with Crippen molar-refractivity contribution in [3.05, 3.63) is 29.8 Å². The van der Waals surface area contributed by atoms with Crippen LogP contribution < -0.4 is 10.1 Å². The largest absolute Gasteiger partial charge is 0.497 e. The maximum Gasteiger partial charge on any atom is 0.193 e. The molecule has 2 aliphatic rings. The molecule has 0 amide bonds. The second kappa shape index (κ2) is 10.1. The van der Waals surface area contributed by atoms with Gasteiger partial charge in [-0.05, 0) is 55.7 Å². The summed E-state index contributed by atoms with van der Waals surface area (Å²) in [7, 11) is 5.79. The maximum atomic E-state index is 5.48. The molecule has 0 aromatic heterocycles. The molecular weight excluding hydrogens is 350 g/mol. The lowest BCUT2D eigenvalue weighted by Crippen LogP contribution is -2.46. The fraction of sp³-hybridized carbons (Fsp3) is 0.696. The molecular formula is C23H37N3O2. The molecule has 28 heavy (non-hydrogen) atoms. The van der Waals surface area contributed by atoms with Crippen LogP contribution >= 0.6 is 0 Å². The summed E-state index contributed by atoms with van der Waals surface area (Å²) >= 11 is 0. The van der Waals surface area contributed by atoms with Gasteiger partial charge in [0.2, 0.25) is 0 Å². The predicted octanol–water partition coefficient (Wildman–Crippen LogP) is 3.83. The number of methoxy groups -OCH3 is 1. The molecule has 0 atom stereocenters. The fourth-order valence-corrected chi connectivity index (χ4v) is 4.72. The third-order valence-electron chi connectivity index (χ3n) is 6.61. The number of aliphatic imine (C=N–C) groups is 1. The number of nitrogens with zero attached hydrogens (tertiary/aromatic N) is 2. The molecule has 1 aliphatic heterocycles. The third kappa shape index (κ3) is 5.19. The zero-order chi connectivity index (χ0) is 19.8. The number of ether oxygens (including phenoxy) is 2. The quantitative estimate of drug-likeness (QED) is 0.570. The molecule has 1 aromatic rings. The van der Waals surface area contributed by atoms with E-state index < -0.39 is 0 Å². The molecule has 1 aliphatic carbocycles. The summed E-state index contributed by atoms with van der Waals surface area (Å²) in [6, 6.07) is 8.61. The Morgan fingerprint density at radius 2 is 2.04 bits per heavy atom. The second-order valence-corrected chi connectivity index (χ2v) is 8.39. The van der Waals surface area contributed by atoms with E-state index >= 15 is 0 Å². The van der Waals surface area contributed by atoms with E-state index in [1.54, 1.807) is 7.11 Å². The molecule has 0 bridgehead atoms. The summed E-state index contributed by atoms with van der Waals surface area (Å²) in [5, 5.41) is 3.69. The van der Waals surface area contributed by atoms with Crippen LogP contribution in [0.3, 0.4) is 0 Å². The van der Waals surface area contributed by atoms with Gasteiger partial charge in [0.05, 0.1) is 7.11 Å². The van der Waals surface area contributed by atoms with Crippen LogP contribution in [-0.4, -0.2) is 58.4 Å². The van der Waals surface area contributed by atoms with Crippen LogP contribution in [-0.2, 0) is 10.2 Å². The van der Waals surface area contributed by atoms with Gasteiger partial charge in [0.1, 0.15) is 5.75 Å². The minimum Gasteiger partial charge on any atom is -0.497 e. The van der Waals surface area contributed by atoms with Gasteiger partial charge < -0.3 is 19.7 Å². The van der Waals surface area contributed by atoms with E-state index in [0.717, 1.165) is 43.9 Å². The minimum atomic E-state index is 0.173. The van der Waals surface area contributed by atoms with Crippen LogP contribution in [0.15, 0.2) is 29.3 Å². The second-order valence-electron chi connectivity index (χ2n) is 8.39. The lowest BCUT2D eigenvalue weighted by molar-refractivity contribution is 0.0625. The summed E-state index contributed by atoms with van der Waals surface area (Å²) in [5.74, 6) is 2.73. The summed E-state index contributed by atoms with van der Waals surface area (Å²) in [6.07, 6.45) is 8.61. The van der Waals surface area contributed by atoms with E-state index in [2.05, 4.69) is 40.5 Å². The third-order valence-corrected chi connectivity index (χ3v) is 6.61. The van der Waals surface area contributed by atoms with Crippen LogP contribution in [0.4, 0.5) is 0 Å². The molecule has 5 nitrogen and oxygen atoms in total. The first-order chi connectivity index (χ1) is 13.7. The highest BCUT2D eigenvalue weighted by atomic mass is 16.5. The average molecular weight is 388 g/mol. The van der Waals surface area contributed by atoms with Gasteiger partial charge >= 0.3 is 0 Å². The SMILES string of the molecule is CN=C(NCC1(c2cccc(OC)c2)CCCC1)N(C)CCC1CCOCC1. The Labute approximate surface area is 170 Å².